The Kier molecular flexibility index (Phi) is 5.28. The molecule has 2 fully saturated rings. The molecule has 0 saturated carbocycles. The Bertz CT molecular complexity index is 567. The summed E-state index contributed by atoms with van der Waals surface area (Å²) in [5, 5.41) is 2.85. The lowest BCUT2D eigenvalue weighted by Gasteiger charge is -2.26. The Labute approximate surface area is 137 Å². The summed E-state index contributed by atoms with van der Waals surface area (Å²) in [4.78, 5) is 26.1. The first kappa shape index (κ1) is 16.0. The van der Waals surface area contributed by atoms with Crippen LogP contribution in [0.2, 0.25) is 0 Å². The number of carbonyl (C=O) groups is 2. The van der Waals surface area contributed by atoms with E-state index in [1.807, 2.05) is 18.2 Å². The van der Waals surface area contributed by atoms with Crippen molar-refractivity contribution < 1.29 is 14.3 Å². The second-order valence-corrected chi connectivity index (χ2v) is 6.29. The minimum Gasteiger partial charge on any atom is -0.381 e. The molecule has 0 spiro atoms. The average Bonchev–Trinajstić information content (AvgIpc) is 2.59. The number of hydrogen-bond acceptors (Lipinski definition) is 3. The lowest BCUT2D eigenvalue weighted by atomic mass is 9.92. The van der Waals surface area contributed by atoms with Gasteiger partial charge < -0.3 is 15.0 Å². The molecule has 2 aliphatic rings. The van der Waals surface area contributed by atoms with Gasteiger partial charge in [-0.3, -0.25) is 9.59 Å². The predicted molar refractivity (Wildman–Crippen MR) is 87.4 cm³/mol. The Morgan fingerprint density at radius 1 is 1.26 bits per heavy atom. The first-order valence-electron chi connectivity index (χ1n) is 8.48. The van der Waals surface area contributed by atoms with E-state index in [2.05, 4.69) is 11.4 Å². The normalized spacial score (nSPS) is 22.9. The fraction of sp³-hybridized carbons (Fsp3) is 0.556. The van der Waals surface area contributed by atoms with Crippen LogP contribution in [0.1, 0.15) is 47.5 Å². The molecule has 0 bridgehead atoms. The van der Waals surface area contributed by atoms with Gasteiger partial charge in [0.1, 0.15) is 0 Å². The van der Waals surface area contributed by atoms with E-state index in [1.165, 1.54) is 5.56 Å². The summed E-state index contributed by atoms with van der Waals surface area (Å²) in [5.74, 6) is 0.434. The fourth-order valence-electron chi connectivity index (χ4n) is 3.25. The van der Waals surface area contributed by atoms with E-state index in [4.69, 9.17) is 4.74 Å². The summed E-state index contributed by atoms with van der Waals surface area (Å²) in [6.07, 6.45) is 3.36. The van der Waals surface area contributed by atoms with Gasteiger partial charge in [-0.2, -0.15) is 0 Å². The summed E-state index contributed by atoms with van der Waals surface area (Å²) in [6.45, 7) is 3.39. The highest BCUT2D eigenvalue weighted by molar-refractivity contribution is 5.94. The monoisotopic (exact) mass is 316 g/mol. The van der Waals surface area contributed by atoms with Crippen LogP contribution in [-0.2, 0) is 9.53 Å². The minimum atomic E-state index is 0.0237. The molecule has 5 heteroatoms. The van der Waals surface area contributed by atoms with Crippen LogP contribution in [0.25, 0.3) is 0 Å². The molecule has 1 aromatic carbocycles. The Hall–Kier alpha value is -1.88. The largest absolute Gasteiger partial charge is 0.381 e. The van der Waals surface area contributed by atoms with Crippen LogP contribution in [-0.4, -0.2) is 49.6 Å². The van der Waals surface area contributed by atoms with Crippen LogP contribution in [0.4, 0.5) is 0 Å². The third kappa shape index (κ3) is 4.10. The highest BCUT2D eigenvalue weighted by Crippen LogP contribution is 2.26. The number of carbonyl (C=O) groups excluding carboxylic acids is 2. The van der Waals surface area contributed by atoms with Gasteiger partial charge in [-0.05, 0) is 37.0 Å². The maximum Gasteiger partial charge on any atom is 0.253 e. The van der Waals surface area contributed by atoms with E-state index in [1.54, 1.807) is 4.90 Å². The Morgan fingerprint density at radius 2 is 2.17 bits per heavy atom. The summed E-state index contributed by atoms with van der Waals surface area (Å²) in [5.41, 5.74) is 1.90. The lowest BCUT2D eigenvalue weighted by Crippen LogP contribution is -2.40. The van der Waals surface area contributed by atoms with Crippen LogP contribution in [0.15, 0.2) is 24.3 Å². The van der Waals surface area contributed by atoms with E-state index in [0.29, 0.717) is 37.5 Å². The molecule has 1 N–H and O–H groups in total. The number of rotatable bonds is 2. The predicted octanol–water partition coefficient (Wildman–Crippen LogP) is 1.93. The Morgan fingerprint density at radius 3 is 3.00 bits per heavy atom. The van der Waals surface area contributed by atoms with Gasteiger partial charge in [0.15, 0.2) is 0 Å². The van der Waals surface area contributed by atoms with E-state index >= 15 is 0 Å². The lowest BCUT2D eigenvalue weighted by molar-refractivity contribution is -0.121. The first-order chi connectivity index (χ1) is 11.2. The standard InChI is InChI=1S/C18H24N2O3/c21-17-7-10-20(9-3-8-19-17)18(22)15-5-1-4-14(12-15)16-6-2-11-23-13-16/h1,4-5,12,16H,2-3,6-11,13H2,(H,19,21). The zero-order chi connectivity index (χ0) is 16.1. The van der Waals surface area contributed by atoms with Crippen molar-refractivity contribution in [3.63, 3.8) is 0 Å². The molecular weight excluding hydrogens is 292 g/mol. The van der Waals surface area contributed by atoms with Crippen molar-refractivity contribution in [2.45, 2.75) is 31.6 Å². The molecule has 23 heavy (non-hydrogen) atoms. The zero-order valence-corrected chi connectivity index (χ0v) is 13.4. The van der Waals surface area contributed by atoms with E-state index in [0.717, 1.165) is 32.5 Å². The number of nitrogens with one attached hydrogen (secondary N) is 1. The molecule has 1 atom stereocenters. The summed E-state index contributed by atoms with van der Waals surface area (Å²) < 4.78 is 5.56. The van der Waals surface area contributed by atoms with Crippen molar-refractivity contribution in [2.75, 3.05) is 32.8 Å². The highest BCUT2D eigenvalue weighted by Gasteiger charge is 2.21. The maximum atomic E-state index is 12.8. The molecule has 0 aromatic heterocycles. The second kappa shape index (κ2) is 7.59. The smallest absolute Gasteiger partial charge is 0.253 e. The highest BCUT2D eigenvalue weighted by atomic mass is 16.5. The van der Waals surface area contributed by atoms with E-state index < -0.39 is 0 Å². The molecule has 1 aromatic rings. The molecule has 1 unspecified atom stereocenters. The van der Waals surface area contributed by atoms with Crippen LogP contribution in [0, 0.1) is 0 Å². The first-order valence-corrected chi connectivity index (χ1v) is 8.48. The molecule has 0 aliphatic carbocycles. The molecule has 2 saturated heterocycles. The quantitative estimate of drug-likeness (QED) is 0.907. The third-order valence-electron chi connectivity index (χ3n) is 4.59. The number of benzene rings is 1. The number of amides is 2. The maximum absolute atomic E-state index is 12.8. The molecule has 3 rings (SSSR count). The molecule has 0 radical (unpaired) electrons. The molecule has 124 valence electrons. The van der Waals surface area contributed by atoms with Gasteiger partial charge in [0.05, 0.1) is 6.61 Å². The molecule has 2 heterocycles. The van der Waals surface area contributed by atoms with Gasteiger partial charge in [0.2, 0.25) is 5.91 Å². The number of hydrogen-bond donors (Lipinski definition) is 1. The SMILES string of the molecule is O=C1CCN(C(=O)c2cccc(C3CCCOC3)c2)CCCN1. The van der Waals surface area contributed by atoms with Crippen LogP contribution in [0.5, 0.6) is 0 Å². The molecule has 2 aliphatic heterocycles. The van der Waals surface area contributed by atoms with E-state index in [9.17, 15) is 9.59 Å². The van der Waals surface area contributed by atoms with Gasteiger partial charge in [-0.15, -0.1) is 0 Å². The van der Waals surface area contributed by atoms with Crippen molar-refractivity contribution in [3.05, 3.63) is 35.4 Å². The average molecular weight is 316 g/mol. The van der Waals surface area contributed by atoms with Crippen LogP contribution in [0.3, 0.4) is 0 Å². The van der Waals surface area contributed by atoms with E-state index in [-0.39, 0.29) is 11.8 Å². The van der Waals surface area contributed by atoms with Crippen molar-refractivity contribution in [3.8, 4) is 0 Å². The van der Waals surface area contributed by atoms with Gasteiger partial charge in [0.25, 0.3) is 5.91 Å². The molecule has 5 nitrogen and oxygen atoms in total. The van der Waals surface area contributed by atoms with Gasteiger partial charge in [-0.25, -0.2) is 0 Å². The van der Waals surface area contributed by atoms with Gasteiger partial charge in [-0.1, -0.05) is 12.1 Å². The van der Waals surface area contributed by atoms with Crippen molar-refractivity contribution in [1.29, 1.82) is 0 Å². The third-order valence-corrected chi connectivity index (χ3v) is 4.59. The van der Waals surface area contributed by atoms with Gasteiger partial charge in [0, 0.05) is 44.1 Å². The molecular formula is C18H24N2O3. The van der Waals surface area contributed by atoms with Crippen LogP contribution >= 0.6 is 0 Å². The van der Waals surface area contributed by atoms with Crippen LogP contribution < -0.4 is 5.32 Å². The van der Waals surface area contributed by atoms with Crippen molar-refractivity contribution in [2.24, 2.45) is 0 Å². The fourth-order valence-corrected chi connectivity index (χ4v) is 3.25. The van der Waals surface area contributed by atoms with Crippen molar-refractivity contribution in [1.82, 2.24) is 10.2 Å². The van der Waals surface area contributed by atoms with Gasteiger partial charge >= 0.3 is 0 Å². The zero-order valence-electron chi connectivity index (χ0n) is 13.4. The second-order valence-electron chi connectivity index (χ2n) is 6.29. The summed E-state index contributed by atoms with van der Waals surface area (Å²) in [6, 6.07) is 7.90. The van der Waals surface area contributed by atoms with Crippen molar-refractivity contribution >= 4 is 11.8 Å². The number of nitrogens with zero attached hydrogens (tertiary/aromatic N) is 1. The molecule has 2 amide bonds. The number of ether oxygens (including phenoxy) is 1. The summed E-state index contributed by atoms with van der Waals surface area (Å²) in [7, 11) is 0. The summed E-state index contributed by atoms with van der Waals surface area (Å²) >= 11 is 0. The Balaban J connectivity index is 1.72. The minimum absolute atomic E-state index is 0.0237. The topological polar surface area (TPSA) is 58.6 Å².